The highest BCUT2D eigenvalue weighted by Crippen LogP contribution is 2.20. The predicted molar refractivity (Wildman–Crippen MR) is 98.7 cm³/mol. The third-order valence-corrected chi connectivity index (χ3v) is 3.97. The Morgan fingerprint density at radius 3 is 2.14 bits per heavy atom. The highest BCUT2D eigenvalue weighted by Gasteiger charge is 2.35. The van der Waals surface area contributed by atoms with E-state index in [1.807, 2.05) is 37.3 Å². The van der Waals surface area contributed by atoms with Crippen LogP contribution in [0.5, 0.6) is 0 Å². The number of hydrogen-bond acceptors (Lipinski definition) is 8. The zero-order valence-electron chi connectivity index (χ0n) is 16.6. The van der Waals surface area contributed by atoms with Crippen LogP contribution in [-0.2, 0) is 30.2 Å². The minimum atomic E-state index is -0.977. The van der Waals surface area contributed by atoms with E-state index in [-0.39, 0.29) is 13.2 Å². The standard InChI is InChI=1S/C19H27NO8/c1-5-9-15(16(28-19(23)26-4)13-27-18(22)25-3)20(17(21)24-2)12-14-10-7-6-8-11-14/h6-8,10-11,15-16H,5,9,12-13H2,1-4H3/t15-,16+/m1/s1. The predicted octanol–water partition coefficient (Wildman–Crippen LogP) is 3.36. The first-order valence-electron chi connectivity index (χ1n) is 8.80. The summed E-state index contributed by atoms with van der Waals surface area (Å²) in [4.78, 5) is 37.0. The summed E-state index contributed by atoms with van der Waals surface area (Å²) < 4.78 is 24.2. The Hall–Kier alpha value is -2.97. The Kier molecular flexibility index (Phi) is 10.2. The fourth-order valence-corrected chi connectivity index (χ4v) is 2.66. The molecule has 9 nitrogen and oxygen atoms in total. The summed E-state index contributed by atoms with van der Waals surface area (Å²) >= 11 is 0. The highest BCUT2D eigenvalue weighted by molar-refractivity contribution is 5.68. The molecule has 9 heteroatoms. The third kappa shape index (κ3) is 7.34. The van der Waals surface area contributed by atoms with Crippen molar-refractivity contribution in [2.75, 3.05) is 27.9 Å². The van der Waals surface area contributed by atoms with Gasteiger partial charge in [-0.3, -0.25) is 4.90 Å². The van der Waals surface area contributed by atoms with E-state index in [0.29, 0.717) is 12.8 Å². The topological polar surface area (TPSA) is 101 Å². The van der Waals surface area contributed by atoms with Gasteiger partial charge in [0.1, 0.15) is 6.61 Å². The average Bonchev–Trinajstić information content (AvgIpc) is 2.73. The van der Waals surface area contributed by atoms with E-state index in [1.54, 1.807) is 0 Å². The number of rotatable bonds is 9. The van der Waals surface area contributed by atoms with E-state index in [9.17, 15) is 14.4 Å². The van der Waals surface area contributed by atoms with Gasteiger partial charge < -0.3 is 23.7 Å². The van der Waals surface area contributed by atoms with Crippen LogP contribution in [0.3, 0.4) is 0 Å². The van der Waals surface area contributed by atoms with Gasteiger partial charge in [0.05, 0.1) is 27.4 Å². The minimum absolute atomic E-state index is 0.220. The summed E-state index contributed by atoms with van der Waals surface area (Å²) in [6.07, 6.45) is -2.32. The van der Waals surface area contributed by atoms with E-state index in [2.05, 4.69) is 9.47 Å². The van der Waals surface area contributed by atoms with E-state index < -0.39 is 30.5 Å². The van der Waals surface area contributed by atoms with Crippen molar-refractivity contribution in [1.82, 2.24) is 4.90 Å². The number of amides is 1. The number of ether oxygens (including phenoxy) is 5. The van der Waals surface area contributed by atoms with Crippen molar-refractivity contribution in [3.8, 4) is 0 Å². The van der Waals surface area contributed by atoms with Gasteiger partial charge in [0, 0.05) is 6.54 Å². The third-order valence-electron chi connectivity index (χ3n) is 3.97. The molecule has 1 aromatic carbocycles. The summed E-state index contributed by atoms with van der Waals surface area (Å²) in [5.74, 6) is 0. The fourth-order valence-electron chi connectivity index (χ4n) is 2.66. The van der Waals surface area contributed by atoms with Crippen molar-refractivity contribution < 1.29 is 38.1 Å². The molecule has 0 spiro atoms. The Morgan fingerprint density at radius 1 is 0.964 bits per heavy atom. The maximum Gasteiger partial charge on any atom is 0.508 e. The molecule has 0 aliphatic heterocycles. The molecule has 1 aromatic rings. The molecule has 0 unspecified atom stereocenters. The Morgan fingerprint density at radius 2 is 1.61 bits per heavy atom. The van der Waals surface area contributed by atoms with Crippen molar-refractivity contribution in [2.24, 2.45) is 0 Å². The zero-order valence-corrected chi connectivity index (χ0v) is 16.6. The lowest BCUT2D eigenvalue weighted by Gasteiger charge is -2.35. The molecule has 0 fully saturated rings. The lowest BCUT2D eigenvalue weighted by Crippen LogP contribution is -2.50. The zero-order chi connectivity index (χ0) is 20.9. The van der Waals surface area contributed by atoms with Gasteiger partial charge in [0.2, 0.25) is 0 Å². The van der Waals surface area contributed by atoms with E-state index in [4.69, 9.17) is 14.2 Å². The number of hydrogen-bond donors (Lipinski definition) is 0. The van der Waals surface area contributed by atoms with E-state index >= 15 is 0 Å². The summed E-state index contributed by atoms with van der Waals surface area (Å²) in [6, 6.07) is 8.66. The second kappa shape index (κ2) is 12.4. The molecular weight excluding hydrogens is 370 g/mol. The van der Waals surface area contributed by atoms with Crippen LogP contribution < -0.4 is 0 Å². The first-order valence-corrected chi connectivity index (χ1v) is 8.80. The molecule has 0 aliphatic carbocycles. The van der Waals surface area contributed by atoms with Crippen molar-refractivity contribution >= 4 is 18.4 Å². The van der Waals surface area contributed by atoms with Crippen LogP contribution in [0.25, 0.3) is 0 Å². The Balaban J connectivity index is 3.16. The van der Waals surface area contributed by atoms with Crippen molar-refractivity contribution in [2.45, 2.75) is 38.5 Å². The molecular formula is C19H27NO8. The van der Waals surface area contributed by atoms with Crippen LogP contribution in [0.1, 0.15) is 25.3 Å². The number of nitrogens with zero attached hydrogens (tertiary/aromatic N) is 1. The van der Waals surface area contributed by atoms with E-state index in [1.165, 1.54) is 12.0 Å². The van der Waals surface area contributed by atoms with Crippen LogP contribution >= 0.6 is 0 Å². The molecule has 2 atom stereocenters. The first-order chi connectivity index (χ1) is 13.5. The smallest absolute Gasteiger partial charge is 0.453 e. The molecule has 0 aliphatic rings. The van der Waals surface area contributed by atoms with Crippen LogP contribution in [0.15, 0.2) is 30.3 Å². The molecule has 0 aromatic heterocycles. The summed E-state index contributed by atoms with van der Waals surface area (Å²) in [5, 5.41) is 0. The molecule has 28 heavy (non-hydrogen) atoms. The maximum atomic E-state index is 12.5. The van der Waals surface area contributed by atoms with Crippen LogP contribution in [-0.4, -0.2) is 63.4 Å². The molecule has 0 radical (unpaired) electrons. The van der Waals surface area contributed by atoms with Crippen LogP contribution in [0.2, 0.25) is 0 Å². The molecule has 0 saturated heterocycles. The lowest BCUT2D eigenvalue weighted by atomic mass is 10.0. The van der Waals surface area contributed by atoms with Gasteiger partial charge in [-0.1, -0.05) is 43.7 Å². The van der Waals surface area contributed by atoms with Gasteiger partial charge in [-0.05, 0) is 12.0 Å². The molecule has 0 N–H and O–H groups in total. The Bertz CT molecular complexity index is 622. The van der Waals surface area contributed by atoms with Crippen molar-refractivity contribution in [3.63, 3.8) is 0 Å². The molecule has 1 amide bonds. The summed E-state index contributed by atoms with van der Waals surface area (Å²) in [5.41, 5.74) is 0.861. The van der Waals surface area contributed by atoms with Gasteiger partial charge in [-0.25, -0.2) is 14.4 Å². The second-order valence-electron chi connectivity index (χ2n) is 5.82. The van der Waals surface area contributed by atoms with E-state index in [0.717, 1.165) is 19.8 Å². The summed E-state index contributed by atoms with van der Waals surface area (Å²) in [7, 11) is 3.60. The molecule has 0 saturated carbocycles. The van der Waals surface area contributed by atoms with Gasteiger partial charge >= 0.3 is 18.4 Å². The van der Waals surface area contributed by atoms with Crippen LogP contribution in [0, 0.1) is 0 Å². The largest absolute Gasteiger partial charge is 0.508 e. The first kappa shape index (κ1) is 23.1. The average molecular weight is 397 g/mol. The highest BCUT2D eigenvalue weighted by atomic mass is 16.7. The number of benzene rings is 1. The molecule has 0 heterocycles. The molecule has 1 rings (SSSR count). The van der Waals surface area contributed by atoms with Gasteiger partial charge in [-0.2, -0.15) is 0 Å². The molecule has 156 valence electrons. The number of carbonyl (C=O) groups excluding carboxylic acids is 3. The summed E-state index contributed by atoms with van der Waals surface area (Å²) in [6.45, 7) is 1.83. The van der Waals surface area contributed by atoms with Crippen molar-refractivity contribution in [3.05, 3.63) is 35.9 Å². The quantitative estimate of drug-likeness (QED) is 0.462. The van der Waals surface area contributed by atoms with Gasteiger partial charge in [0.25, 0.3) is 0 Å². The molecule has 0 bridgehead atoms. The lowest BCUT2D eigenvalue weighted by molar-refractivity contribution is -0.0435. The van der Waals surface area contributed by atoms with Crippen molar-refractivity contribution in [1.29, 1.82) is 0 Å². The van der Waals surface area contributed by atoms with Gasteiger partial charge in [0.15, 0.2) is 6.10 Å². The SMILES string of the molecule is CCC[C@H]([C@H](COC(=O)OC)OC(=O)OC)N(Cc1ccccc1)C(=O)OC. The fraction of sp³-hybridized carbons (Fsp3) is 0.526. The number of methoxy groups -OCH3 is 3. The minimum Gasteiger partial charge on any atom is -0.453 e. The maximum absolute atomic E-state index is 12.5. The second-order valence-corrected chi connectivity index (χ2v) is 5.82. The van der Waals surface area contributed by atoms with Gasteiger partial charge in [-0.15, -0.1) is 0 Å². The van der Waals surface area contributed by atoms with Crippen LogP contribution in [0.4, 0.5) is 14.4 Å². The normalized spacial score (nSPS) is 12.3. The monoisotopic (exact) mass is 397 g/mol. The Labute approximate surface area is 164 Å². The number of carbonyl (C=O) groups is 3.